The van der Waals surface area contributed by atoms with Crippen LogP contribution in [0.4, 0.5) is 8.78 Å². The number of benzene rings is 3. The number of carbonyl (C=O) groups excluding carboxylic acids is 2. The van der Waals surface area contributed by atoms with E-state index < -0.39 is 5.82 Å². The quantitative estimate of drug-likeness (QED) is 0.178. The Labute approximate surface area is 260 Å². The monoisotopic (exact) mass is 619 g/mol. The van der Waals surface area contributed by atoms with E-state index in [4.69, 9.17) is 16.3 Å². The number of hydrogen-bond acceptors (Lipinski definition) is 4. The fourth-order valence-electron chi connectivity index (χ4n) is 7.16. The van der Waals surface area contributed by atoms with Crippen molar-refractivity contribution in [2.24, 2.45) is 5.92 Å². The first-order valence-corrected chi connectivity index (χ1v) is 15.6. The lowest BCUT2D eigenvalue weighted by Gasteiger charge is -2.39. The van der Waals surface area contributed by atoms with Gasteiger partial charge in [-0.15, -0.1) is 0 Å². The van der Waals surface area contributed by atoms with E-state index >= 15 is 0 Å². The van der Waals surface area contributed by atoms with Crippen LogP contribution in [0.3, 0.4) is 0 Å². The van der Waals surface area contributed by atoms with Gasteiger partial charge in [0, 0.05) is 55.3 Å². The summed E-state index contributed by atoms with van der Waals surface area (Å²) in [6.07, 6.45) is 7.47. The van der Waals surface area contributed by atoms with E-state index in [1.165, 1.54) is 30.3 Å². The van der Waals surface area contributed by atoms with Crippen molar-refractivity contribution in [1.29, 1.82) is 0 Å². The summed E-state index contributed by atoms with van der Waals surface area (Å²) in [6.45, 7) is 1.88. The van der Waals surface area contributed by atoms with Gasteiger partial charge in [0.25, 0.3) is 5.91 Å². The molecule has 4 aromatic rings. The Hall–Kier alpha value is -3.75. The largest absolute Gasteiger partial charge is 0.495 e. The van der Waals surface area contributed by atoms with Crippen molar-refractivity contribution in [2.75, 3.05) is 13.7 Å². The molecular weight excluding hydrogens is 584 g/mol. The SMILES string of the molecule is COc1cccc2c(C(=O)NCc3cccc(F)c3)cn(CCCN3[C@@H]4CC[C@H]3C[C@@H](CC(=O)c3ccc(F)c(Cl)c3)C4)c12. The molecular formula is C35H36ClF2N3O3. The molecule has 6 nitrogen and oxygen atoms in total. The third-order valence-electron chi connectivity index (χ3n) is 9.18. The van der Waals surface area contributed by atoms with Crippen LogP contribution in [-0.4, -0.2) is 46.9 Å². The van der Waals surface area contributed by atoms with E-state index in [1.807, 2.05) is 24.4 Å². The van der Waals surface area contributed by atoms with Crippen LogP contribution >= 0.6 is 11.6 Å². The molecule has 3 heterocycles. The molecule has 3 aromatic carbocycles. The van der Waals surface area contributed by atoms with Gasteiger partial charge in [0.1, 0.15) is 17.4 Å². The van der Waals surface area contributed by atoms with Crippen molar-refractivity contribution in [1.82, 2.24) is 14.8 Å². The highest BCUT2D eigenvalue weighted by Crippen LogP contribution is 2.40. The van der Waals surface area contributed by atoms with Crippen LogP contribution in [0.15, 0.2) is 66.9 Å². The fraction of sp³-hybridized carbons (Fsp3) is 0.371. The van der Waals surface area contributed by atoms with Crippen LogP contribution in [-0.2, 0) is 13.1 Å². The molecule has 2 aliphatic heterocycles. The summed E-state index contributed by atoms with van der Waals surface area (Å²) >= 11 is 5.90. The number of rotatable bonds is 11. The number of Topliss-reactive ketones (excluding diaryl/α,β-unsaturated/α-hetero) is 1. The minimum Gasteiger partial charge on any atom is -0.495 e. The molecule has 230 valence electrons. The second kappa shape index (κ2) is 13.1. The molecule has 6 rings (SSSR count). The molecule has 1 N–H and O–H groups in total. The van der Waals surface area contributed by atoms with Crippen LogP contribution in [0.5, 0.6) is 5.75 Å². The minimum atomic E-state index is -0.513. The average Bonchev–Trinajstić information content (AvgIpc) is 3.50. The lowest BCUT2D eigenvalue weighted by molar-refractivity contribution is 0.0807. The minimum absolute atomic E-state index is 0.0181. The van der Waals surface area contributed by atoms with Crippen molar-refractivity contribution < 1.29 is 23.1 Å². The molecule has 2 aliphatic rings. The maximum Gasteiger partial charge on any atom is 0.253 e. The van der Waals surface area contributed by atoms with E-state index in [1.54, 1.807) is 19.2 Å². The van der Waals surface area contributed by atoms with Crippen LogP contribution in [0.2, 0.25) is 5.02 Å². The van der Waals surface area contributed by atoms with Gasteiger partial charge in [0.05, 0.1) is 23.2 Å². The number of aryl methyl sites for hydroxylation is 1. The Morgan fingerprint density at radius 3 is 2.50 bits per heavy atom. The summed E-state index contributed by atoms with van der Waals surface area (Å²) in [5.74, 6) is -0.0236. The predicted octanol–water partition coefficient (Wildman–Crippen LogP) is 7.42. The van der Waals surface area contributed by atoms with Crippen molar-refractivity contribution in [3.8, 4) is 5.75 Å². The molecule has 2 saturated heterocycles. The smallest absolute Gasteiger partial charge is 0.253 e. The van der Waals surface area contributed by atoms with Gasteiger partial charge in [-0.2, -0.15) is 0 Å². The van der Waals surface area contributed by atoms with E-state index in [2.05, 4.69) is 14.8 Å². The number of para-hydroxylation sites is 1. The number of amides is 1. The number of nitrogens with one attached hydrogen (secondary N) is 1. The van der Waals surface area contributed by atoms with E-state index in [9.17, 15) is 18.4 Å². The lowest BCUT2D eigenvalue weighted by atomic mass is 9.85. The Morgan fingerprint density at radius 1 is 1.00 bits per heavy atom. The number of piperidine rings is 1. The second-order valence-corrected chi connectivity index (χ2v) is 12.4. The van der Waals surface area contributed by atoms with Crippen LogP contribution in [0, 0.1) is 17.6 Å². The van der Waals surface area contributed by atoms with Crippen LogP contribution in [0.1, 0.15) is 64.8 Å². The molecule has 0 aliphatic carbocycles. The summed E-state index contributed by atoms with van der Waals surface area (Å²) in [6, 6.07) is 17.0. The van der Waals surface area contributed by atoms with E-state index in [0.29, 0.717) is 46.9 Å². The normalized spacial score (nSPS) is 19.8. The molecule has 0 radical (unpaired) electrons. The Morgan fingerprint density at radius 2 is 1.77 bits per heavy atom. The second-order valence-electron chi connectivity index (χ2n) is 12.0. The first-order chi connectivity index (χ1) is 21.3. The Balaban J connectivity index is 1.09. The molecule has 3 atom stereocenters. The summed E-state index contributed by atoms with van der Waals surface area (Å²) in [5, 5.41) is 3.73. The van der Waals surface area contributed by atoms with Gasteiger partial charge in [-0.05, 0) is 80.0 Å². The van der Waals surface area contributed by atoms with Crippen molar-refractivity contribution in [3.05, 3.63) is 100 Å². The van der Waals surface area contributed by atoms with Gasteiger partial charge >= 0.3 is 0 Å². The average molecular weight is 620 g/mol. The predicted molar refractivity (Wildman–Crippen MR) is 167 cm³/mol. The molecule has 9 heteroatoms. The molecule has 1 amide bonds. The number of aromatic nitrogens is 1. The molecule has 0 saturated carbocycles. The number of ether oxygens (including phenoxy) is 1. The first kappa shape index (κ1) is 30.3. The molecule has 2 bridgehead atoms. The maximum absolute atomic E-state index is 13.6. The highest BCUT2D eigenvalue weighted by molar-refractivity contribution is 6.31. The van der Waals surface area contributed by atoms with Crippen molar-refractivity contribution in [3.63, 3.8) is 0 Å². The maximum atomic E-state index is 13.6. The van der Waals surface area contributed by atoms with Gasteiger partial charge in [0.2, 0.25) is 0 Å². The van der Waals surface area contributed by atoms with Gasteiger partial charge < -0.3 is 14.6 Å². The third kappa shape index (κ3) is 6.37. The summed E-state index contributed by atoms with van der Waals surface area (Å²) in [7, 11) is 1.63. The highest BCUT2D eigenvalue weighted by Gasteiger charge is 2.40. The van der Waals surface area contributed by atoms with Crippen LogP contribution < -0.4 is 10.1 Å². The number of halogens is 3. The molecule has 44 heavy (non-hydrogen) atoms. The van der Waals surface area contributed by atoms with Crippen molar-refractivity contribution >= 4 is 34.2 Å². The topological polar surface area (TPSA) is 63.6 Å². The van der Waals surface area contributed by atoms with Gasteiger partial charge in [-0.3, -0.25) is 14.5 Å². The molecule has 0 unspecified atom stereocenters. The Kier molecular flexibility index (Phi) is 9.01. The summed E-state index contributed by atoms with van der Waals surface area (Å²) < 4.78 is 34.9. The zero-order valence-corrected chi connectivity index (χ0v) is 25.5. The standard InChI is InChI=1S/C35H36ClF2N3O3/c1-44-33-8-3-7-28-29(35(43)39-20-22-5-2-6-25(37)15-22)21-40(34(28)33)13-4-14-41-26-10-11-27(41)17-23(16-26)18-32(42)24-9-12-31(38)30(36)19-24/h2-3,5-9,12,15,19,21,23,26-27H,4,10-11,13-14,16-18,20H2,1H3,(H,39,43)/t23-,26+,27-. The van der Waals surface area contributed by atoms with Crippen LogP contribution in [0.25, 0.3) is 10.9 Å². The third-order valence-corrected chi connectivity index (χ3v) is 9.47. The van der Waals surface area contributed by atoms with Gasteiger partial charge in [0.15, 0.2) is 5.78 Å². The number of hydrogen-bond donors (Lipinski definition) is 1. The number of ketones is 1. The number of nitrogens with zero attached hydrogens (tertiary/aromatic N) is 2. The fourth-order valence-corrected chi connectivity index (χ4v) is 7.34. The summed E-state index contributed by atoms with van der Waals surface area (Å²) in [4.78, 5) is 28.8. The zero-order chi connectivity index (χ0) is 30.8. The highest BCUT2D eigenvalue weighted by atomic mass is 35.5. The number of methoxy groups -OCH3 is 1. The molecule has 2 fully saturated rings. The zero-order valence-electron chi connectivity index (χ0n) is 24.7. The molecule has 1 aromatic heterocycles. The van der Waals surface area contributed by atoms with Gasteiger partial charge in [-0.1, -0.05) is 35.9 Å². The molecule has 0 spiro atoms. The van der Waals surface area contributed by atoms with Gasteiger partial charge in [-0.25, -0.2) is 8.78 Å². The van der Waals surface area contributed by atoms with Crippen molar-refractivity contribution in [2.45, 2.75) is 63.7 Å². The Bertz CT molecular complexity index is 1680. The first-order valence-electron chi connectivity index (χ1n) is 15.2. The lowest BCUT2D eigenvalue weighted by Crippen LogP contribution is -2.43. The van der Waals surface area contributed by atoms with E-state index in [0.717, 1.165) is 56.1 Å². The van der Waals surface area contributed by atoms with E-state index in [-0.39, 0.29) is 29.1 Å². The summed E-state index contributed by atoms with van der Waals surface area (Å²) in [5.41, 5.74) is 2.61. The number of fused-ring (bicyclic) bond motifs is 3. The number of carbonyl (C=O) groups is 2.